The average Bonchev–Trinajstić information content (AvgIpc) is 2.75. The van der Waals surface area contributed by atoms with Crippen LogP contribution >= 0.6 is 0 Å². The van der Waals surface area contributed by atoms with Gasteiger partial charge in [0.15, 0.2) is 17.8 Å². The Morgan fingerprint density at radius 1 is 1.38 bits per heavy atom. The lowest BCUT2D eigenvalue weighted by Crippen LogP contribution is -1.99. The molecule has 0 atom stereocenters. The number of benzene rings is 1. The molecule has 0 fully saturated rings. The third-order valence-corrected chi connectivity index (χ3v) is 2.39. The molecule has 0 bridgehead atoms. The Balaban J connectivity index is 2.18. The molecular formula is C12H14O4. The summed E-state index contributed by atoms with van der Waals surface area (Å²) in [5, 5.41) is 0. The largest absolute Gasteiger partial charge is 0.493 e. The SMILES string of the molecule is CCCCOc1cc2c(cc1C=O)OCO2. The van der Waals surface area contributed by atoms with E-state index in [1.54, 1.807) is 12.1 Å². The Bertz CT molecular complexity index is 387. The summed E-state index contributed by atoms with van der Waals surface area (Å²) in [6.45, 7) is 2.90. The molecule has 4 heteroatoms. The third kappa shape index (κ3) is 2.10. The van der Waals surface area contributed by atoms with Crippen molar-refractivity contribution in [2.45, 2.75) is 19.8 Å². The van der Waals surface area contributed by atoms with Crippen LogP contribution in [-0.4, -0.2) is 19.7 Å². The molecule has 2 rings (SSSR count). The molecule has 4 nitrogen and oxygen atoms in total. The number of hydrogen-bond acceptors (Lipinski definition) is 4. The molecule has 16 heavy (non-hydrogen) atoms. The minimum absolute atomic E-state index is 0.200. The summed E-state index contributed by atoms with van der Waals surface area (Å²) in [6.07, 6.45) is 2.79. The fourth-order valence-corrected chi connectivity index (χ4v) is 1.48. The molecule has 0 saturated carbocycles. The number of carbonyl (C=O) groups excluding carboxylic acids is 1. The van der Waals surface area contributed by atoms with Crippen molar-refractivity contribution in [1.29, 1.82) is 0 Å². The number of ether oxygens (including phenoxy) is 3. The standard InChI is InChI=1S/C12H14O4/c1-2-3-4-14-10-6-12-11(15-8-16-12)5-9(10)7-13/h5-7H,2-4,8H2,1H3. The predicted octanol–water partition coefficient (Wildman–Crippen LogP) is 2.41. The Morgan fingerprint density at radius 3 is 2.81 bits per heavy atom. The summed E-state index contributed by atoms with van der Waals surface area (Å²) in [7, 11) is 0. The van der Waals surface area contributed by atoms with E-state index in [1.165, 1.54) is 0 Å². The van der Waals surface area contributed by atoms with Crippen LogP contribution in [0.1, 0.15) is 30.1 Å². The first-order valence-corrected chi connectivity index (χ1v) is 5.36. The van der Waals surface area contributed by atoms with E-state index < -0.39 is 0 Å². The van der Waals surface area contributed by atoms with Crippen LogP contribution in [0, 0.1) is 0 Å². The minimum atomic E-state index is 0.200. The molecule has 1 heterocycles. The normalized spacial score (nSPS) is 12.6. The van der Waals surface area contributed by atoms with Crippen molar-refractivity contribution in [3.05, 3.63) is 17.7 Å². The van der Waals surface area contributed by atoms with Crippen molar-refractivity contribution < 1.29 is 19.0 Å². The second-order valence-corrected chi connectivity index (χ2v) is 3.56. The first kappa shape index (κ1) is 10.8. The number of unbranched alkanes of at least 4 members (excludes halogenated alkanes) is 1. The Morgan fingerprint density at radius 2 is 2.12 bits per heavy atom. The highest BCUT2D eigenvalue weighted by atomic mass is 16.7. The maximum Gasteiger partial charge on any atom is 0.231 e. The van der Waals surface area contributed by atoms with Crippen LogP contribution in [0.2, 0.25) is 0 Å². The van der Waals surface area contributed by atoms with Gasteiger partial charge in [-0.05, 0) is 12.5 Å². The van der Waals surface area contributed by atoms with Crippen LogP contribution in [0.25, 0.3) is 0 Å². The maximum absolute atomic E-state index is 10.9. The highest BCUT2D eigenvalue weighted by Gasteiger charge is 2.17. The van der Waals surface area contributed by atoms with Crippen LogP contribution in [0.5, 0.6) is 17.2 Å². The maximum atomic E-state index is 10.9. The van der Waals surface area contributed by atoms with Gasteiger partial charge >= 0.3 is 0 Å². The molecule has 1 aliphatic heterocycles. The Hall–Kier alpha value is -1.71. The average molecular weight is 222 g/mol. The lowest BCUT2D eigenvalue weighted by molar-refractivity contribution is 0.111. The second-order valence-electron chi connectivity index (χ2n) is 3.56. The molecule has 0 aromatic heterocycles. The summed E-state index contributed by atoms with van der Waals surface area (Å²) in [4.78, 5) is 10.9. The first-order valence-electron chi connectivity index (χ1n) is 5.36. The lowest BCUT2D eigenvalue weighted by atomic mass is 10.2. The van der Waals surface area contributed by atoms with E-state index in [4.69, 9.17) is 14.2 Å². The number of rotatable bonds is 5. The summed E-state index contributed by atoms with van der Waals surface area (Å²) in [5.74, 6) is 1.80. The molecule has 1 aliphatic rings. The van der Waals surface area contributed by atoms with E-state index in [9.17, 15) is 4.79 Å². The van der Waals surface area contributed by atoms with E-state index >= 15 is 0 Å². The van der Waals surface area contributed by atoms with Gasteiger partial charge in [-0.25, -0.2) is 0 Å². The van der Waals surface area contributed by atoms with Gasteiger partial charge in [-0.1, -0.05) is 13.3 Å². The number of hydrogen-bond donors (Lipinski definition) is 0. The van der Waals surface area contributed by atoms with Crippen molar-refractivity contribution >= 4 is 6.29 Å². The van der Waals surface area contributed by atoms with E-state index in [2.05, 4.69) is 6.92 Å². The highest BCUT2D eigenvalue weighted by molar-refractivity contribution is 5.81. The molecule has 1 aromatic rings. The zero-order valence-corrected chi connectivity index (χ0v) is 9.19. The monoisotopic (exact) mass is 222 g/mol. The topological polar surface area (TPSA) is 44.8 Å². The third-order valence-electron chi connectivity index (χ3n) is 2.39. The molecule has 0 N–H and O–H groups in total. The van der Waals surface area contributed by atoms with Crippen LogP contribution in [0.3, 0.4) is 0 Å². The quantitative estimate of drug-likeness (QED) is 0.567. The predicted molar refractivity (Wildman–Crippen MR) is 58.4 cm³/mol. The number of aldehydes is 1. The number of carbonyl (C=O) groups is 1. The fraction of sp³-hybridized carbons (Fsp3) is 0.417. The van der Waals surface area contributed by atoms with Crippen LogP contribution < -0.4 is 14.2 Å². The van der Waals surface area contributed by atoms with Gasteiger partial charge in [0, 0.05) is 6.07 Å². The zero-order valence-electron chi connectivity index (χ0n) is 9.19. The zero-order chi connectivity index (χ0) is 11.4. The molecule has 0 aliphatic carbocycles. The molecule has 0 saturated heterocycles. The molecule has 0 amide bonds. The van der Waals surface area contributed by atoms with Crippen LogP contribution in [0.15, 0.2) is 12.1 Å². The van der Waals surface area contributed by atoms with Crippen molar-refractivity contribution in [2.75, 3.05) is 13.4 Å². The van der Waals surface area contributed by atoms with Crippen LogP contribution in [0.4, 0.5) is 0 Å². The van der Waals surface area contributed by atoms with Crippen molar-refractivity contribution in [3.8, 4) is 17.2 Å². The van der Waals surface area contributed by atoms with Crippen LogP contribution in [-0.2, 0) is 0 Å². The summed E-state index contributed by atoms with van der Waals surface area (Å²) in [6, 6.07) is 3.36. The molecule has 0 radical (unpaired) electrons. The smallest absolute Gasteiger partial charge is 0.231 e. The molecule has 0 spiro atoms. The van der Waals surface area contributed by atoms with E-state index in [0.29, 0.717) is 29.4 Å². The van der Waals surface area contributed by atoms with E-state index in [-0.39, 0.29) is 6.79 Å². The molecule has 86 valence electrons. The van der Waals surface area contributed by atoms with Crippen molar-refractivity contribution in [3.63, 3.8) is 0 Å². The van der Waals surface area contributed by atoms with Gasteiger partial charge < -0.3 is 14.2 Å². The lowest BCUT2D eigenvalue weighted by Gasteiger charge is -2.08. The van der Waals surface area contributed by atoms with Crippen molar-refractivity contribution in [2.24, 2.45) is 0 Å². The molecular weight excluding hydrogens is 208 g/mol. The van der Waals surface area contributed by atoms with Gasteiger partial charge in [0.2, 0.25) is 6.79 Å². The summed E-state index contributed by atoms with van der Waals surface area (Å²) in [5.41, 5.74) is 0.500. The van der Waals surface area contributed by atoms with Gasteiger partial charge in [0.25, 0.3) is 0 Å². The first-order chi connectivity index (χ1) is 7.85. The van der Waals surface area contributed by atoms with E-state index in [1.807, 2.05) is 0 Å². The second kappa shape index (κ2) is 4.88. The summed E-state index contributed by atoms with van der Waals surface area (Å²) >= 11 is 0. The van der Waals surface area contributed by atoms with E-state index in [0.717, 1.165) is 19.1 Å². The Kier molecular flexibility index (Phi) is 3.29. The van der Waals surface area contributed by atoms with Crippen molar-refractivity contribution in [1.82, 2.24) is 0 Å². The highest BCUT2D eigenvalue weighted by Crippen LogP contribution is 2.37. The summed E-state index contributed by atoms with van der Waals surface area (Å²) < 4.78 is 15.9. The van der Waals surface area contributed by atoms with Gasteiger partial charge in [-0.2, -0.15) is 0 Å². The Labute approximate surface area is 94.1 Å². The fourth-order valence-electron chi connectivity index (χ4n) is 1.48. The molecule has 1 aromatic carbocycles. The van der Waals surface area contributed by atoms with Gasteiger partial charge in [0.05, 0.1) is 12.2 Å². The molecule has 0 unspecified atom stereocenters. The van der Waals surface area contributed by atoms with Gasteiger partial charge in [-0.3, -0.25) is 4.79 Å². The minimum Gasteiger partial charge on any atom is -0.493 e. The van der Waals surface area contributed by atoms with Gasteiger partial charge in [-0.15, -0.1) is 0 Å². The van der Waals surface area contributed by atoms with Gasteiger partial charge in [0.1, 0.15) is 5.75 Å². The number of fused-ring (bicyclic) bond motifs is 1.